The average molecular weight is 492 g/mol. The number of amides is 2. The van der Waals surface area contributed by atoms with Gasteiger partial charge < -0.3 is 5.32 Å². The molecular formula is C22H17F5N6O2. The van der Waals surface area contributed by atoms with Crippen LogP contribution in [0.15, 0.2) is 47.7 Å². The number of rotatable bonds is 4. The van der Waals surface area contributed by atoms with Gasteiger partial charge in [-0.3, -0.25) is 9.59 Å². The van der Waals surface area contributed by atoms with Gasteiger partial charge in [0.1, 0.15) is 28.6 Å². The normalized spacial score (nSPS) is 15.4. The van der Waals surface area contributed by atoms with Crippen LogP contribution in [-0.4, -0.2) is 44.3 Å². The van der Waals surface area contributed by atoms with Crippen LogP contribution in [0.3, 0.4) is 0 Å². The smallest absolute Gasteiger partial charge is 0.320 e. The second-order valence-corrected chi connectivity index (χ2v) is 8.18. The Morgan fingerprint density at radius 2 is 1.74 bits per heavy atom. The number of carbonyl (C=O) groups is 2. The molecule has 0 aliphatic carbocycles. The highest BCUT2D eigenvalue weighted by Crippen LogP contribution is 2.35. The fourth-order valence-electron chi connectivity index (χ4n) is 3.56. The third-order valence-electron chi connectivity index (χ3n) is 5.33. The lowest BCUT2D eigenvalue weighted by Gasteiger charge is -2.16. The molecule has 0 bridgehead atoms. The molecule has 1 N–H and O–H groups in total. The van der Waals surface area contributed by atoms with Gasteiger partial charge in [-0.25, -0.2) is 23.5 Å². The van der Waals surface area contributed by atoms with E-state index >= 15 is 0 Å². The Balaban J connectivity index is 1.67. The molecule has 13 heteroatoms. The molecule has 0 saturated heterocycles. The van der Waals surface area contributed by atoms with E-state index < -0.39 is 46.3 Å². The minimum atomic E-state index is -4.82. The van der Waals surface area contributed by atoms with Crippen molar-refractivity contribution in [2.75, 3.05) is 12.4 Å². The zero-order valence-electron chi connectivity index (χ0n) is 18.5. The Kier molecular flexibility index (Phi) is 5.65. The van der Waals surface area contributed by atoms with Crippen molar-refractivity contribution in [1.29, 1.82) is 0 Å². The Labute approximate surface area is 195 Å². The fraction of sp³-hybridized carbons (Fsp3) is 0.227. The van der Waals surface area contributed by atoms with Gasteiger partial charge in [0.15, 0.2) is 11.5 Å². The summed E-state index contributed by atoms with van der Waals surface area (Å²) in [4.78, 5) is 28.4. The summed E-state index contributed by atoms with van der Waals surface area (Å²) in [5, 5.41) is 11.3. The first-order chi connectivity index (χ1) is 16.3. The minimum absolute atomic E-state index is 0.0177. The molecule has 0 spiro atoms. The Hall–Kier alpha value is -4.16. The molecule has 2 amide bonds. The second kappa shape index (κ2) is 8.25. The van der Waals surface area contributed by atoms with Crippen molar-refractivity contribution < 1.29 is 31.5 Å². The monoisotopic (exact) mass is 492 g/mol. The summed E-state index contributed by atoms with van der Waals surface area (Å²) in [7, 11) is 1.39. The number of anilines is 1. The standard InChI is InChI=1S/C22H17F5N6O2/c1-21(2)18(31-32(3)20(21)35)14-9-15(22(25,26)27)33(30-14)16-8-7-11(10-28-16)29-19(34)17-12(23)5-4-6-13(17)24/h4-10H,1-3H3,(H,29,34). The molecule has 2 aromatic heterocycles. The number of hydrazone groups is 1. The highest BCUT2D eigenvalue weighted by Gasteiger charge is 2.45. The molecule has 0 unspecified atom stereocenters. The molecule has 0 radical (unpaired) electrons. The third-order valence-corrected chi connectivity index (χ3v) is 5.33. The molecule has 1 aromatic carbocycles. The van der Waals surface area contributed by atoms with E-state index in [0.29, 0.717) is 4.68 Å². The molecule has 0 atom stereocenters. The summed E-state index contributed by atoms with van der Waals surface area (Å²) in [6.45, 7) is 3.05. The number of pyridine rings is 1. The zero-order valence-corrected chi connectivity index (χ0v) is 18.5. The highest BCUT2D eigenvalue weighted by molar-refractivity contribution is 6.18. The topological polar surface area (TPSA) is 92.5 Å². The summed E-state index contributed by atoms with van der Waals surface area (Å²) in [6, 6.07) is 6.03. The van der Waals surface area contributed by atoms with Gasteiger partial charge in [0, 0.05) is 7.05 Å². The number of benzene rings is 1. The predicted octanol–water partition coefficient (Wildman–Crippen LogP) is 4.02. The van der Waals surface area contributed by atoms with Gasteiger partial charge in [-0.15, -0.1) is 0 Å². The summed E-state index contributed by atoms with van der Waals surface area (Å²) in [5.41, 5.74) is -3.28. The first-order valence-corrected chi connectivity index (χ1v) is 10.1. The maximum absolute atomic E-state index is 13.8. The maximum atomic E-state index is 13.8. The molecular weight excluding hydrogens is 475 g/mol. The van der Waals surface area contributed by atoms with E-state index in [1.165, 1.54) is 27.0 Å². The lowest BCUT2D eigenvalue weighted by molar-refractivity contribution is -0.142. The van der Waals surface area contributed by atoms with E-state index in [-0.39, 0.29) is 22.9 Å². The van der Waals surface area contributed by atoms with Gasteiger partial charge in [-0.05, 0) is 44.2 Å². The van der Waals surface area contributed by atoms with E-state index in [0.717, 1.165) is 41.5 Å². The zero-order chi connectivity index (χ0) is 25.7. The van der Waals surface area contributed by atoms with Crippen molar-refractivity contribution in [2.24, 2.45) is 10.5 Å². The number of nitrogens with zero attached hydrogens (tertiary/aromatic N) is 5. The van der Waals surface area contributed by atoms with Gasteiger partial charge >= 0.3 is 6.18 Å². The molecule has 1 aliphatic rings. The van der Waals surface area contributed by atoms with E-state index in [2.05, 4.69) is 20.5 Å². The summed E-state index contributed by atoms with van der Waals surface area (Å²) < 4.78 is 69.4. The largest absolute Gasteiger partial charge is 0.433 e. The Bertz CT molecular complexity index is 1340. The average Bonchev–Trinajstić information content (AvgIpc) is 3.30. The van der Waals surface area contributed by atoms with Crippen LogP contribution in [0.2, 0.25) is 0 Å². The number of carbonyl (C=O) groups excluding carboxylic acids is 2. The van der Waals surface area contributed by atoms with Crippen LogP contribution in [0, 0.1) is 17.0 Å². The van der Waals surface area contributed by atoms with Gasteiger partial charge in [0.25, 0.3) is 11.8 Å². The number of alkyl halides is 3. The molecule has 0 saturated carbocycles. The summed E-state index contributed by atoms with van der Waals surface area (Å²) in [6.07, 6.45) is -3.80. The van der Waals surface area contributed by atoms with Crippen LogP contribution in [0.25, 0.3) is 5.82 Å². The Morgan fingerprint density at radius 3 is 2.26 bits per heavy atom. The number of nitrogens with one attached hydrogen (secondary N) is 1. The van der Waals surface area contributed by atoms with Crippen molar-refractivity contribution in [3.63, 3.8) is 0 Å². The van der Waals surface area contributed by atoms with E-state index in [1.54, 1.807) is 0 Å². The van der Waals surface area contributed by atoms with Crippen LogP contribution in [0.5, 0.6) is 0 Å². The molecule has 0 fully saturated rings. The van der Waals surface area contributed by atoms with Crippen LogP contribution in [0.4, 0.5) is 27.6 Å². The SMILES string of the molecule is CN1N=C(c2cc(C(F)(F)F)n(-c3ccc(NC(=O)c4c(F)cccc4F)cn3)n2)C(C)(C)C1=O. The van der Waals surface area contributed by atoms with Crippen LogP contribution in [0.1, 0.15) is 35.6 Å². The van der Waals surface area contributed by atoms with Crippen molar-refractivity contribution in [1.82, 2.24) is 19.8 Å². The van der Waals surface area contributed by atoms with Gasteiger partial charge in [0.05, 0.1) is 17.3 Å². The van der Waals surface area contributed by atoms with Crippen LogP contribution < -0.4 is 5.32 Å². The number of hydrogen-bond donors (Lipinski definition) is 1. The molecule has 1 aliphatic heterocycles. The lowest BCUT2D eigenvalue weighted by Crippen LogP contribution is -2.33. The van der Waals surface area contributed by atoms with Gasteiger partial charge in [0.2, 0.25) is 0 Å². The minimum Gasteiger partial charge on any atom is -0.320 e. The quantitative estimate of drug-likeness (QED) is 0.557. The molecule has 8 nitrogen and oxygen atoms in total. The number of halogens is 5. The second-order valence-electron chi connectivity index (χ2n) is 8.18. The first-order valence-electron chi connectivity index (χ1n) is 10.1. The van der Waals surface area contributed by atoms with Crippen LogP contribution >= 0.6 is 0 Å². The number of hydrogen-bond acceptors (Lipinski definition) is 5. The molecule has 3 aromatic rings. The first kappa shape index (κ1) is 24.0. The van der Waals surface area contributed by atoms with Gasteiger partial charge in [-0.2, -0.15) is 23.4 Å². The van der Waals surface area contributed by atoms with Crippen molar-refractivity contribution in [3.05, 3.63) is 71.2 Å². The molecule has 4 rings (SSSR count). The summed E-state index contributed by atoms with van der Waals surface area (Å²) in [5.74, 6) is -3.90. The fourth-order valence-corrected chi connectivity index (χ4v) is 3.56. The molecule has 35 heavy (non-hydrogen) atoms. The van der Waals surface area contributed by atoms with E-state index in [9.17, 15) is 31.5 Å². The summed E-state index contributed by atoms with van der Waals surface area (Å²) >= 11 is 0. The third kappa shape index (κ3) is 4.24. The van der Waals surface area contributed by atoms with Crippen molar-refractivity contribution in [3.8, 4) is 5.82 Å². The van der Waals surface area contributed by atoms with Crippen molar-refractivity contribution in [2.45, 2.75) is 20.0 Å². The van der Waals surface area contributed by atoms with Gasteiger partial charge in [-0.1, -0.05) is 6.07 Å². The van der Waals surface area contributed by atoms with Crippen molar-refractivity contribution >= 4 is 23.2 Å². The van der Waals surface area contributed by atoms with E-state index in [4.69, 9.17) is 0 Å². The molecule has 3 heterocycles. The predicted molar refractivity (Wildman–Crippen MR) is 114 cm³/mol. The lowest BCUT2D eigenvalue weighted by atomic mass is 9.85. The molecule has 182 valence electrons. The van der Waals surface area contributed by atoms with E-state index in [1.807, 2.05) is 0 Å². The highest BCUT2D eigenvalue weighted by atomic mass is 19.4. The number of aromatic nitrogens is 3. The maximum Gasteiger partial charge on any atom is 0.433 e. The Morgan fingerprint density at radius 1 is 1.09 bits per heavy atom. The van der Waals surface area contributed by atoms with Crippen LogP contribution in [-0.2, 0) is 11.0 Å².